The summed E-state index contributed by atoms with van der Waals surface area (Å²) >= 11 is 5.32. The first-order valence-electron chi connectivity index (χ1n) is 9.40. The van der Waals surface area contributed by atoms with Gasteiger partial charge in [0, 0.05) is 12.2 Å². The average Bonchev–Trinajstić information content (AvgIpc) is 2.59. The van der Waals surface area contributed by atoms with Gasteiger partial charge in [-0.3, -0.25) is 0 Å². The second-order valence-corrected chi connectivity index (χ2v) is 6.00. The van der Waals surface area contributed by atoms with E-state index in [1.54, 1.807) is 0 Å². The molecule has 0 aliphatic carbocycles. The molecule has 0 unspecified atom stereocenters. The zero-order valence-corrected chi connectivity index (χ0v) is 16.4. The van der Waals surface area contributed by atoms with E-state index in [9.17, 15) is 0 Å². The quantitative estimate of drug-likeness (QED) is 0.386. The molecule has 2 N–H and O–H groups in total. The summed E-state index contributed by atoms with van der Waals surface area (Å²) in [4.78, 5) is 0. The van der Waals surface area contributed by atoms with Crippen LogP contribution in [-0.2, 0) is 6.42 Å². The summed E-state index contributed by atoms with van der Waals surface area (Å²) in [5.74, 6) is 0. The molecule has 1 aromatic carbocycles. The standard InChI is InChI=1S/C18H30N2S.C2H6/c1-3-5-7-8-9-15-19-18(21)20-17-13-11-16(12-14-17)10-6-4-2;1-2/h11-14H,3-10,15H2,1-2H3,(H2,19,20,21);1-2H3. The lowest BCUT2D eigenvalue weighted by molar-refractivity contribution is 0.625. The fraction of sp³-hybridized carbons (Fsp3) is 0.650. The van der Waals surface area contributed by atoms with Crippen molar-refractivity contribution >= 4 is 23.0 Å². The van der Waals surface area contributed by atoms with Crippen LogP contribution in [0.1, 0.15) is 78.2 Å². The molecule has 2 nitrogen and oxygen atoms in total. The molecule has 0 fully saturated rings. The predicted octanol–water partition coefficient (Wildman–Crippen LogP) is 6.31. The zero-order valence-electron chi connectivity index (χ0n) is 15.6. The summed E-state index contributed by atoms with van der Waals surface area (Å²) in [6.45, 7) is 9.43. The highest BCUT2D eigenvalue weighted by Gasteiger charge is 1.98. The van der Waals surface area contributed by atoms with Crippen molar-refractivity contribution in [1.29, 1.82) is 0 Å². The van der Waals surface area contributed by atoms with Crippen molar-refractivity contribution in [2.75, 3.05) is 11.9 Å². The van der Waals surface area contributed by atoms with Gasteiger partial charge in [0.2, 0.25) is 0 Å². The van der Waals surface area contributed by atoms with Gasteiger partial charge < -0.3 is 10.6 Å². The Hall–Kier alpha value is -1.09. The smallest absolute Gasteiger partial charge is 0.170 e. The molecule has 0 saturated carbocycles. The Bertz CT molecular complexity index is 387. The van der Waals surface area contributed by atoms with Crippen LogP contribution < -0.4 is 10.6 Å². The molecule has 1 rings (SSSR count). The summed E-state index contributed by atoms with van der Waals surface area (Å²) in [5, 5.41) is 7.25. The summed E-state index contributed by atoms with van der Waals surface area (Å²) in [5.41, 5.74) is 2.47. The molecular weight excluding hydrogens is 300 g/mol. The number of benzene rings is 1. The van der Waals surface area contributed by atoms with Gasteiger partial charge in [0.25, 0.3) is 0 Å². The van der Waals surface area contributed by atoms with E-state index in [2.05, 4.69) is 48.7 Å². The van der Waals surface area contributed by atoms with Crippen molar-refractivity contribution in [1.82, 2.24) is 5.32 Å². The Balaban J connectivity index is 0.00000232. The molecule has 0 aliphatic rings. The number of hydrogen-bond acceptors (Lipinski definition) is 1. The molecule has 0 aliphatic heterocycles. The molecule has 3 heteroatoms. The van der Waals surface area contributed by atoms with Gasteiger partial charge in [0.15, 0.2) is 5.11 Å². The number of hydrogen-bond donors (Lipinski definition) is 2. The van der Waals surface area contributed by atoms with Crippen LogP contribution in [0.4, 0.5) is 5.69 Å². The largest absolute Gasteiger partial charge is 0.362 e. The Morgan fingerprint density at radius 3 is 2.09 bits per heavy atom. The minimum Gasteiger partial charge on any atom is -0.362 e. The van der Waals surface area contributed by atoms with Crippen molar-refractivity contribution in [2.24, 2.45) is 0 Å². The maximum absolute atomic E-state index is 5.32. The summed E-state index contributed by atoms with van der Waals surface area (Å²) in [6, 6.07) is 8.59. The molecule has 0 spiro atoms. The number of anilines is 1. The molecular formula is C20H36N2S. The van der Waals surface area contributed by atoms with E-state index >= 15 is 0 Å². The van der Waals surface area contributed by atoms with E-state index < -0.39 is 0 Å². The fourth-order valence-corrected chi connectivity index (χ4v) is 2.46. The van der Waals surface area contributed by atoms with E-state index in [-0.39, 0.29) is 0 Å². The van der Waals surface area contributed by atoms with Crippen LogP contribution in [0.15, 0.2) is 24.3 Å². The lowest BCUT2D eigenvalue weighted by Gasteiger charge is -2.11. The van der Waals surface area contributed by atoms with Gasteiger partial charge in [-0.25, -0.2) is 0 Å². The fourth-order valence-electron chi connectivity index (χ4n) is 2.24. The Kier molecular flexibility index (Phi) is 15.0. The summed E-state index contributed by atoms with van der Waals surface area (Å²) < 4.78 is 0. The Morgan fingerprint density at radius 1 is 0.870 bits per heavy atom. The monoisotopic (exact) mass is 336 g/mol. The van der Waals surface area contributed by atoms with E-state index in [1.165, 1.54) is 50.5 Å². The van der Waals surface area contributed by atoms with Crippen LogP contribution in [-0.4, -0.2) is 11.7 Å². The van der Waals surface area contributed by atoms with Crippen molar-refractivity contribution < 1.29 is 0 Å². The highest BCUT2D eigenvalue weighted by Crippen LogP contribution is 2.11. The van der Waals surface area contributed by atoms with E-state index in [1.807, 2.05) is 13.8 Å². The minimum absolute atomic E-state index is 0.729. The first-order valence-corrected chi connectivity index (χ1v) is 9.81. The number of aryl methyl sites for hydroxylation is 1. The lowest BCUT2D eigenvalue weighted by Crippen LogP contribution is -2.29. The van der Waals surface area contributed by atoms with Gasteiger partial charge in [-0.2, -0.15) is 0 Å². The average molecular weight is 337 g/mol. The van der Waals surface area contributed by atoms with Crippen molar-refractivity contribution in [3.8, 4) is 0 Å². The van der Waals surface area contributed by atoms with Gasteiger partial charge in [-0.1, -0.05) is 71.9 Å². The topological polar surface area (TPSA) is 24.1 Å². The molecule has 1 aromatic rings. The van der Waals surface area contributed by atoms with Crippen molar-refractivity contribution in [3.63, 3.8) is 0 Å². The van der Waals surface area contributed by atoms with E-state index in [0.717, 1.165) is 23.8 Å². The molecule has 0 heterocycles. The summed E-state index contributed by atoms with van der Waals surface area (Å²) in [6.07, 6.45) is 10.1. The van der Waals surface area contributed by atoms with Crippen molar-refractivity contribution in [2.45, 2.75) is 79.1 Å². The van der Waals surface area contributed by atoms with Crippen LogP contribution in [0, 0.1) is 0 Å². The molecule has 0 bridgehead atoms. The SMILES string of the molecule is CC.CCCCCCCNC(=S)Nc1ccc(CCCC)cc1. The lowest BCUT2D eigenvalue weighted by atomic mass is 10.1. The van der Waals surface area contributed by atoms with Gasteiger partial charge in [-0.15, -0.1) is 0 Å². The molecule has 0 saturated heterocycles. The second kappa shape index (κ2) is 15.8. The second-order valence-electron chi connectivity index (χ2n) is 5.60. The van der Waals surface area contributed by atoms with Crippen LogP contribution in [0.25, 0.3) is 0 Å². The first kappa shape index (κ1) is 21.9. The van der Waals surface area contributed by atoms with Crippen LogP contribution in [0.2, 0.25) is 0 Å². The summed E-state index contributed by atoms with van der Waals surface area (Å²) in [7, 11) is 0. The molecule has 0 atom stereocenters. The molecule has 132 valence electrons. The maximum atomic E-state index is 5.32. The Labute approximate surface area is 149 Å². The molecule has 0 amide bonds. The molecule has 0 radical (unpaired) electrons. The third-order valence-electron chi connectivity index (χ3n) is 3.60. The predicted molar refractivity (Wildman–Crippen MR) is 109 cm³/mol. The van der Waals surface area contributed by atoms with E-state index in [0.29, 0.717) is 0 Å². The Morgan fingerprint density at radius 2 is 1.48 bits per heavy atom. The minimum atomic E-state index is 0.729. The van der Waals surface area contributed by atoms with Gasteiger partial charge in [0.1, 0.15) is 0 Å². The third kappa shape index (κ3) is 12.1. The highest BCUT2D eigenvalue weighted by molar-refractivity contribution is 7.80. The zero-order chi connectivity index (χ0) is 17.3. The molecule has 0 aromatic heterocycles. The number of nitrogens with one attached hydrogen (secondary N) is 2. The van der Waals surface area contributed by atoms with Crippen LogP contribution >= 0.6 is 12.2 Å². The number of rotatable bonds is 10. The normalized spacial score (nSPS) is 9.74. The van der Waals surface area contributed by atoms with Crippen molar-refractivity contribution in [3.05, 3.63) is 29.8 Å². The van der Waals surface area contributed by atoms with Gasteiger partial charge in [-0.05, 0) is 49.2 Å². The number of thiocarbonyl (C=S) groups is 1. The first-order chi connectivity index (χ1) is 11.3. The molecule has 23 heavy (non-hydrogen) atoms. The van der Waals surface area contributed by atoms with Crippen LogP contribution in [0.3, 0.4) is 0 Å². The third-order valence-corrected chi connectivity index (χ3v) is 3.84. The maximum Gasteiger partial charge on any atom is 0.170 e. The highest BCUT2D eigenvalue weighted by atomic mass is 32.1. The van der Waals surface area contributed by atoms with Gasteiger partial charge >= 0.3 is 0 Å². The van der Waals surface area contributed by atoms with E-state index in [4.69, 9.17) is 12.2 Å². The van der Waals surface area contributed by atoms with Gasteiger partial charge in [0.05, 0.1) is 0 Å². The van der Waals surface area contributed by atoms with Crippen LogP contribution in [0.5, 0.6) is 0 Å². The number of unbranched alkanes of at least 4 members (excludes halogenated alkanes) is 5.